The molecule has 1 aliphatic carbocycles. The van der Waals surface area contributed by atoms with Crippen LogP contribution in [0.5, 0.6) is 0 Å². The summed E-state index contributed by atoms with van der Waals surface area (Å²) in [6.07, 6.45) is 3.70. The number of carbonyl (C=O) groups is 2. The van der Waals surface area contributed by atoms with Crippen molar-refractivity contribution in [1.82, 2.24) is 4.90 Å². The Labute approximate surface area is 154 Å². The molecule has 0 aromatic heterocycles. The van der Waals surface area contributed by atoms with E-state index in [1.165, 1.54) is 4.90 Å². The Balaban J connectivity index is 0.00000288. The number of carbonyl (C=O) groups excluding carboxylic acids is 2. The highest BCUT2D eigenvalue weighted by atomic mass is 35.5. The summed E-state index contributed by atoms with van der Waals surface area (Å²) in [6, 6.07) is 4.93. The largest absolute Gasteiger partial charge is 0.345 e. The molecule has 0 spiro atoms. The van der Waals surface area contributed by atoms with Gasteiger partial charge < -0.3 is 16.0 Å². The molecule has 7 heteroatoms. The lowest BCUT2D eigenvalue weighted by Gasteiger charge is -2.37. The number of nitrogens with zero attached hydrogens (tertiary/aromatic N) is 1. The molecule has 0 aliphatic heterocycles. The molecule has 1 fully saturated rings. The van der Waals surface area contributed by atoms with Gasteiger partial charge in [-0.1, -0.05) is 24.4 Å². The summed E-state index contributed by atoms with van der Waals surface area (Å²) in [6.45, 7) is 1.93. The van der Waals surface area contributed by atoms with Gasteiger partial charge in [-0.15, -0.1) is 12.4 Å². The summed E-state index contributed by atoms with van der Waals surface area (Å²) < 4.78 is 0. The lowest BCUT2D eigenvalue weighted by Crippen LogP contribution is -2.51. The van der Waals surface area contributed by atoms with Crippen LogP contribution in [0, 0.1) is 5.92 Å². The fraction of sp³-hybridized carbons (Fsp3) is 0.529. The van der Waals surface area contributed by atoms with E-state index in [0.29, 0.717) is 16.3 Å². The predicted octanol–water partition coefficient (Wildman–Crippen LogP) is 3.31. The van der Waals surface area contributed by atoms with Crippen LogP contribution in [-0.4, -0.2) is 36.3 Å². The van der Waals surface area contributed by atoms with Gasteiger partial charge in [-0.05, 0) is 38.0 Å². The van der Waals surface area contributed by atoms with E-state index in [4.69, 9.17) is 17.3 Å². The summed E-state index contributed by atoms with van der Waals surface area (Å²) in [5, 5.41) is 3.24. The zero-order valence-electron chi connectivity index (χ0n) is 14.3. The first-order valence-electron chi connectivity index (χ1n) is 7.83. The number of rotatable bonds is 3. The average molecular weight is 374 g/mol. The fourth-order valence-corrected chi connectivity index (χ4v) is 3.22. The van der Waals surface area contributed by atoms with Crippen LogP contribution in [0.3, 0.4) is 0 Å². The SMILES string of the molecule is CN(C)C(=O)c1cc(NC(=O)C2CCCCC2(C)N)ccc1Cl.Cl. The molecule has 0 saturated heterocycles. The molecule has 2 rings (SSSR count). The van der Waals surface area contributed by atoms with Crippen LogP contribution in [0.1, 0.15) is 43.0 Å². The Morgan fingerprint density at radius 2 is 2.00 bits per heavy atom. The van der Waals surface area contributed by atoms with Gasteiger partial charge in [-0.3, -0.25) is 9.59 Å². The molecule has 2 unspecified atom stereocenters. The standard InChI is InChI=1S/C17H24ClN3O2.ClH/c1-17(19)9-5-4-6-13(17)15(22)20-11-7-8-14(18)12(10-11)16(23)21(2)3;/h7-8,10,13H,4-6,9,19H2,1-3H3,(H,20,22);1H. The van der Waals surface area contributed by atoms with Gasteiger partial charge >= 0.3 is 0 Å². The number of anilines is 1. The molecule has 0 heterocycles. The lowest BCUT2D eigenvalue weighted by atomic mass is 9.74. The number of amides is 2. The maximum Gasteiger partial charge on any atom is 0.254 e. The van der Waals surface area contributed by atoms with Gasteiger partial charge in [0, 0.05) is 25.3 Å². The second kappa shape index (κ2) is 8.19. The van der Waals surface area contributed by atoms with Crippen molar-refractivity contribution in [1.29, 1.82) is 0 Å². The summed E-state index contributed by atoms with van der Waals surface area (Å²) in [5.41, 5.74) is 6.72. The van der Waals surface area contributed by atoms with Crippen molar-refractivity contribution in [3.8, 4) is 0 Å². The van der Waals surface area contributed by atoms with E-state index in [1.54, 1.807) is 32.3 Å². The summed E-state index contributed by atoms with van der Waals surface area (Å²) in [7, 11) is 3.32. The van der Waals surface area contributed by atoms with Crippen molar-refractivity contribution in [3.05, 3.63) is 28.8 Å². The van der Waals surface area contributed by atoms with Gasteiger partial charge in [0.2, 0.25) is 5.91 Å². The highest BCUT2D eigenvalue weighted by Gasteiger charge is 2.37. The molecule has 2 atom stereocenters. The average Bonchev–Trinajstić information content (AvgIpc) is 2.47. The Morgan fingerprint density at radius 3 is 2.58 bits per heavy atom. The van der Waals surface area contributed by atoms with Gasteiger partial charge in [-0.2, -0.15) is 0 Å². The number of benzene rings is 1. The first-order valence-corrected chi connectivity index (χ1v) is 8.21. The third-order valence-electron chi connectivity index (χ3n) is 4.44. The normalized spacial score (nSPS) is 23.1. The van der Waals surface area contributed by atoms with Crippen molar-refractivity contribution < 1.29 is 9.59 Å². The van der Waals surface area contributed by atoms with Gasteiger partial charge in [-0.25, -0.2) is 0 Å². The monoisotopic (exact) mass is 373 g/mol. The molecule has 24 heavy (non-hydrogen) atoms. The van der Waals surface area contributed by atoms with Crippen LogP contribution in [0.15, 0.2) is 18.2 Å². The molecule has 134 valence electrons. The molecule has 3 N–H and O–H groups in total. The number of halogens is 2. The summed E-state index contributed by atoms with van der Waals surface area (Å²) in [5.74, 6) is -0.521. The van der Waals surface area contributed by atoms with Crippen LogP contribution in [0.25, 0.3) is 0 Å². The van der Waals surface area contributed by atoms with E-state index >= 15 is 0 Å². The summed E-state index contributed by atoms with van der Waals surface area (Å²) >= 11 is 6.09. The minimum Gasteiger partial charge on any atom is -0.345 e. The van der Waals surface area contributed by atoms with E-state index in [2.05, 4.69) is 5.32 Å². The summed E-state index contributed by atoms with van der Waals surface area (Å²) in [4.78, 5) is 26.1. The third-order valence-corrected chi connectivity index (χ3v) is 4.77. The molecule has 1 aromatic carbocycles. The van der Waals surface area contributed by atoms with Crippen molar-refractivity contribution in [2.24, 2.45) is 11.7 Å². The van der Waals surface area contributed by atoms with Crippen molar-refractivity contribution >= 4 is 41.5 Å². The molecule has 1 aromatic rings. The highest BCUT2D eigenvalue weighted by Crippen LogP contribution is 2.32. The number of hydrogen-bond acceptors (Lipinski definition) is 3. The first-order chi connectivity index (χ1) is 10.7. The highest BCUT2D eigenvalue weighted by molar-refractivity contribution is 6.34. The minimum atomic E-state index is -0.489. The quantitative estimate of drug-likeness (QED) is 0.852. The van der Waals surface area contributed by atoms with Crippen LogP contribution in [0.4, 0.5) is 5.69 Å². The van der Waals surface area contributed by atoms with E-state index in [9.17, 15) is 9.59 Å². The van der Waals surface area contributed by atoms with Crippen molar-refractivity contribution in [2.45, 2.75) is 38.1 Å². The maximum absolute atomic E-state index is 12.6. The number of hydrogen-bond donors (Lipinski definition) is 2. The molecular formula is C17H25Cl2N3O2. The van der Waals surface area contributed by atoms with Crippen LogP contribution >= 0.6 is 24.0 Å². The number of nitrogens with two attached hydrogens (primary N) is 1. The minimum absolute atomic E-state index is 0. The van der Waals surface area contributed by atoms with Gasteiger partial charge in [0.05, 0.1) is 16.5 Å². The van der Waals surface area contributed by atoms with Crippen molar-refractivity contribution in [2.75, 3.05) is 19.4 Å². The van der Waals surface area contributed by atoms with E-state index < -0.39 is 5.54 Å². The fourth-order valence-electron chi connectivity index (χ4n) is 3.03. The smallest absolute Gasteiger partial charge is 0.254 e. The predicted molar refractivity (Wildman–Crippen MR) is 99.9 cm³/mol. The van der Waals surface area contributed by atoms with Crippen LogP contribution in [-0.2, 0) is 4.79 Å². The van der Waals surface area contributed by atoms with E-state index in [0.717, 1.165) is 25.7 Å². The Hall–Kier alpha value is -1.30. The van der Waals surface area contributed by atoms with E-state index in [1.807, 2.05) is 6.92 Å². The van der Waals surface area contributed by atoms with Gasteiger partial charge in [0.1, 0.15) is 0 Å². The van der Waals surface area contributed by atoms with Crippen molar-refractivity contribution in [3.63, 3.8) is 0 Å². The maximum atomic E-state index is 12.6. The topological polar surface area (TPSA) is 75.4 Å². The van der Waals surface area contributed by atoms with E-state index in [-0.39, 0.29) is 30.1 Å². The Morgan fingerprint density at radius 1 is 1.33 bits per heavy atom. The Kier molecular flexibility index (Phi) is 7.08. The Bertz CT molecular complexity index is 618. The molecule has 1 saturated carbocycles. The van der Waals surface area contributed by atoms with Gasteiger partial charge in [0.25, 0.3) is 5.91 Å². The zero-order valence-corrected chi connectivity index (χ0v) is 15.8. The second-order valence-corrected chi connectivity index (χ2v) is 7.09. The molecular weight excluding hydrogens is 349 g/mol. The molecule has 5 nitrogen and oxygen atoms in total. The van der Waals surface area contributed by atoms with Crippen LogP contribution in [0.2, 0.25) is 5.02 Å². The molecule has 0 bridgehead atoms. The molecule has 1 aliphatic rings. The number of nitrogens with one attached hydrogen (secondary N) is 1. The first kappa shape index (κ1) is 20.7. The lowest BCUT2D eigenvalue weighted by molar-refractivity contribution is -0.122. The second-order valence-electron chi connectivity index (χ2n) is 6.69. The molecule has 2 amide bonds. The van der Waals surface area contributed by atoms with Crippen LogP contribution < -0.4 is 11.1 Å². The zero-order chi connectivity index (χ0) is 17.2. The van der Waals surface area contributed by atoms with Gasteiger partial charge in [0.15, 0.2) is 0 Å². The third kappa shape index (κ3) is 4.62. The molecule has 0 radical (unpaired) electrons.